The number of nitrogens with zero attached hydrogens (tertiary/aromatic N) is 1. The molecule has 1 amide bonds. The molecule has 0 radical (unpaired) electrons. The smallest absolute Gasteiger partial charge is 0.288 e. The Labute approximate surface area is 163 Å². The topological polar surface area (TPSA) is 59.0 Å². The molecule has 3 atom stereocenters. The van der Waals surface area contributed by atoms with Crippen molar-refractivity contribution in [1.29, 1.82) is 0 Å². The molecule has 2 rings (SSSR count). The summed E-state index contributed by atoms with van der Waals surface area (Å²) < 4.78 is 12.9. The molecule has 5 nitrogen and oxygen atoms in total. The Morgan fingerprint density at radius 2 is 2.00 bits per heavy atom. The molecule has 0 aromatic heterocycles. The normalized spacial score (nSPS) is 22.9. The quantitative estimate of drug-likeness (QED) is 0.637. The first-order valence-electron chi connectivity index (χ1n) is 8.56. The molecular formula is C19H26INO4. The van der Waals surface area contributed by atoms with Gasteiger partial charge in [-0.15, -0.1) is 0 Å². The molecule has 1 aliphatic rings. The largest absolute Gasteiger partial charge is 0.459 e. The molecule has 0 fully saturated rings. The summed E-state index contributed by atoms with van der Waals surface area (Å²) in [6.07, 6.45) is 2.84. The summed E-state index contributed by atoms with van der Waals surface area (Å²) >= 11 is 2.28. The Balaban J connectivity index is 2.42. The Morgan fingerprint density at radius 1 is 1.32 bits per heavy atom. The average molecular weight is 459 g/mol. The lowest BCUT2D eigenvalue weighted by Gasteiger charge is -2.37. The Hall–Kier alpha value is -1.12. The van der Waals surface area contributed by atoms with Crippen LogP contribution in [-0.2, 0) is 14.3 Å². The molecule has 1 aromatic carbocycles. The Morgan fingerprint density at radius 3 is 2.56 bits per heavy atom. The van der Waals surface area contributed by atoms with Gasteiger partial charge in [-0.2, -0.15) is 0 Å². The monoisotopic (exact) mass is 459 g/mol. The minimum absolute atomic E-state index is 0.00718. The van der Waals surface area contributed by atoms with Crippen LogP contribution in [0.3, 0.4) is 0 Å². The van der Waals surface area contributed by atoms with Gasteiger partial charge in [0.1, 0.15) is 0 Å². The number of aliphatic hydroxyl groups excluding tert-OH is 1. The van der Waals surface area contributed by atoms with Crippen LogP contribution in [0.5, 0.6) is 0 Å². The third kappa shape index (κ3) is 5.18. The molecule has 1 aromatic rings. The van der Waals surface area contributed by atoms with Gasteiger partial charge in [-0.1, -0.05) is 12.1 Å². The summed E-state index contributed by atoms with van der Waals surface area (Å²) in [6, 6.07) is 8.29. The molecule has 1 N–H and O–H groups in total. The molecule has 6 heteroatoms. The first-order valence-corrected chi connectivity index (χ1v) is 9.63. The fourth-order valence-corrected chi connectivity index (χ4v) is 3.40. The van der Waals surface area contributed by atoms with Crippen LogP contribution in [0.2, 0.25) is 0 Å². The third-order valence-corrected chi connectivity index (χ3v) is 5.00. The summed E-state index contributed by atoms with van der Waals surface area (Å²) in [7, 11) is 3.42. The van der Waals surface area contributed by atoms with E-state index in [0.717, 1.165) is 15.6 Å². The molecule has 138 valence electrons. The van der Waals surface area contributed by atoms with Crippen molar-refractivity contribution >= 4 is 28.5 Å². The van der Waals surface area contributed by atoms with E-state index in [1.165, 1.54) is 4.90 Å². The van der Waals surface area contributed by atoms with E-state index in [4.69, 9.17) is 9.47 Å². The number of halogens is 1. The molecule has 0 aliphatic carbocycles. The van der Waals surface area contributed by atoms with Crippen molar-refractivity contribution in [2.45, 2.75) is 32.0 Å². The second-order valence-electron chi connectivity index (χ2n) is 6.28. The predicted octanol–water partition coefficient (Wildman–Crippen LogP) is 3.13. The molecule has 25 heavy (non-hydrogen) atoms. The first-order chi connectivity index (χ1) is 12.0. The Kier molecular flexibility index (Phi) is 7.71. The summed E-state index contributed by atoms with van der Waals surface area (Å²) in [5.74, 6) is 0.215. The van der Waals surface area contributed by atoms with Gasteiger partial charge in [0.25, 0.3) is 5.91 Å². The number of likely N-dealkylation sites (N-methyl/N-ethyl adjacent to an activating group) is 1. The zero-order valence-corrected chi connectivity index (χ0v) is 17.1. The maximum absolute atomic E-state index is 12.4. The SMILES string of the molecule is CCO[C@H]1OC(C(=O)N(C)C)=C[C@@H](c2ccc(I)cc2)[C@@H]1CCCO. The van der Waals surface area contributed by atoms with E-state index in [2.05, 4.69) is 46.9 Å². The second kappa shape index (κ2) is 9.54. The van der Waals surface area contributed by atoms with Gasteiger partial charge in [-0.05, 0) is 66.1 Å². The van der Waals surface area contributed by atoms with Gasteiger partial charge in [0.15, 0.2) is 5.76 Å². The summed E-state index contributed by atoms with van der Waals surface area (Å²) in [5, 5.41) is 9.26. The fourth-order valence-electron chi connectivity index (χ4n) is 3.04. The fraction of sp³-hybridized carbons (Fsp3) is 0.526. The van der Waals surface area contributed by atoms with Crippen LogP contribution in [0.15, 0.2) is 36.1 Å². The number of benzene rings is 1. The molecule has 0 saturated carbocycles. The third-order valence-electron chi connectivity index (χ3n) is 4.28. The average Bonchev–Trinajstić information content (AvgIpc) is 2.60. The van der Waals surface area contributed by atoms with Gasteiger partial charge in [-0.25, -0.2) is 0 Å². The number of hydrogen-bond acceptors (Lipinski definition) is 4. The van der Waals surface area contributed by atoms with Gasteiger partial charge in [0.2, 0.25) is 6.29 Å². The molecular weight excluding hydrogens is 433 g/mol. The van der Waals surface area contributed by atoms with E-state index in [9.17, 15) is 9.90 Å². The number of carbonyl (C=O) groups is 1. The maximum Gasteiger partial charge on any atom is 0.288 e. The lowest BCUT2D eigenvalue weighted by atomic mass is 9.80. The first kappa shape index (κ1) is 20.2. The van der Waals surface area contributed by atoms with Crippen LogP contribution in [-0.4, -0.2) is 49.5 Å². The minimum Gasteiger partial charge on any atom is -0.459 e. The number of aliphatic hydroxyl groups is 1. The highest BCUT2D eigenvalue weighted by Gasteiger charge is 2.38. The van der Waals surface area contributed by atoms with Crippen molar-refractivity contribution in [2.24, 2.45) is 5.92 Å². The van der Waals surface area contributed by atoms with Gasteiger partial charge in [-0.3, -0.25) is 4.79 Å². The van der Waals surface area contributed by atoms with Crippen LogP contribution in [0, 0.1) is 9.49 Å². The highest BCUT2D eigenvalue weighted by atomic mass is 127. The number of amides is 1. The number of carbonyl (C=O) groups excluding carboxylic acids is 1. The van der Waals surface area contributed by atoms with E-state index in [0.29, 0.717) is 18.8 Å². The predicted molar refractivity (Wildman–Crippen MR) is 105 cm³/mol. The zero-order valence-electron chi connectivity index (χ0n) is 14.9. The number of allylic oxidation sites excluding steroid dienone is 1. The van der Waals surface area contributed by atoms with Crippen molar-refractivity contribution in [3.8, 4) is 0 Å². The van der Waals surface area contributed by atoms with Crippen LogP contribution in [0.25, 0.3) is 0 Å². The standard InChI is InChI=1S/C19H26INO4/c1-4-24-19-15(6-5-11-22)16(13-7-9-14(20)10-8-13)12-17(25-19)18(23)21(2)3/h7-10,12,15-16,19,22H,4-6,11H2,1-3H3/t15-,16-,19-/m0/s1. The molecule has 1 aliphatic heterocycles. The minimum atomic E-state index is -0.496. The molecule has 0 bridgehead atoms. The highest BCUT2D eigenvalue weighted by molar-refractivity contribution is 14.1. The van der Waals surface area contributed by atoms with E-state index in [1.807, 2.05) is 13.0 Å². The lowest BCUT2D eigenvalue weighted by molar-refractivity contribution is -0.169. The van der Waals surface area contributed by atoms with E-state index in [-0.39, 0.29) is 24.3 Å². The molecule has 0 saturated heterocycles. The van der Waals surface area contributed by atoms with Crippen LogP contribution in [0.1, 0.15) is 31.2 Å². The van der Waals surface area contributed by atoms with Crippen molar-refractivity contribution in [3.05, 3.63) is 45.2 Å². The number of hydrogen-bond donors (Lipinski definition) is 1. The molecule has 0 spiro atoms. The zero-order chi connectivity index (χ0) is 18.4. The van der Waals surface area contributed by atoms with Crippen LogP contribution < -0.4 is 0 Å². The summed E-state index contributed by atoms with van der Waals surface area (Å²) in [5.41, 5.74) is 1.13. The lowest BCUT2D eigenvalue weighted by Crippen LogP contribution is -2.38. The van der Waals surface area contributed by atoms with Gasteiger partial charge >= 0.3 is 0 Å². The van der Waals surface area contributed by atoms with E-state index >= 15 is 0 Å². The molecule has 0 unspecified atom stereocenters. The number of ether oxygens (including phenoxy) is 2. The summed E-state index contributed by atoms with van der Waals surface area (Å²) in [6.45, 7) is 2.54. The highest BCUT2D eigenvalue weighted by Crippen LogP contribution is 2.39. The van der Waals surface area contributed by atoms with Crippen molar-refractivity contribution in [3.63, 3.8) is 0 Å². The van der Waals surface area contributed by atoms with Crippen molar-refractivity contribution in [2.75, 3.05) is 27.3 Å². The van der Waals surface area contributed by atoms with Crippen LogP contribution >= 0.6 is 22.6 Å². The van der Waals surface area contributed by atoms with Crippen LogP contribution in [0.4, 0.5) is 0 Å². The maximum atomic E-state index is 12.4. The van der Waals surface area contributed by atoms with Gasteiger partial charge in [0.05, 0.1) is 0 Å². The number of rotatable bonds is 7. The van der Waals surface area contributed by atoms with Crippen molar-refractivity contribution in [1.82, 2.24) is 4.90 Å². The van der Waals surface area contributed by atoms with Gasteiger partial charge in [0, 0.05) is 42.7 Å². The van der Waals surface area contributed by atoms with E-state index in [1.54, 1.807) is 14.1 Å². The molecule has 1 heterocycles. The van der Waals surface area contributed by atoms with Gasteiger partial charge < -0.3 is 19.5 Å². The van der Waals surface area contributed by atoms with Crippen molar-refractivity contribution < 1.29 is 19.4 Å². The van der Waals surface area contributed by atoms with E-state index < -0.39 is 6.29 Å². The Bertz CT molecular complexity index is 600. The summed E-state index contributed by atoms with van der Waals surface area (Å²) in [4.78, 5) is 13.9. The second-order valence-corrected chi connectivity index (χ2v) is 7.52.